The standard InChI is InChI=1S/C23H31F2N3O4/c1-22(2,3)32-20(30)13-28-11-10-17(23(24,25)14-28)15-6-5-7-16(12-15)27(4)18-8-9-19(29)26-21(18)31/h5-7,12,17-18H,8-11,13-14H2,1-4H3,(H,26,29,31)/t17-,18-/m1/s1. The number of alkyl halides is 2. The minimum Gasteiger partial charge on any atom is -0.459 e. The van der Waals surface area contributed by atoms with E-state index >= 15 is 8.78 Å². The second-order valence-electron chi connectivity index (χ2n) is 9.57. The minimum absolute atomic E-state index is 0.169. The van der Waals surface area contributed by atoms with Crippen LogP contribution in [0.15, 0.2) is 24.3 Å². The van der Waals surface area contributed by atoms with Crippen LogP contribution in [0.25, 0.3) is 0 Å². The molecule has 3 rings (SSSR count). The van der Waals surface area contributed by atoms with Crippen molar-refractivity contribution in [2.45, 2.75) is 63.5 Å². The molecular weight excluding hydrogens is 420 g/mol. The molecule has 1 N–H and O–H groups in total. The van der Waals surface area contributed by atoms with E-state index in [0.717, 1.165) is 0 Å². The van der Waals surface area contributed by atoms with Crippen LogP contribution in [-0.2, 0) is 19.1 Å². The van der Waals surface area contributed by atoms with Crippen molar-refractivity contribution in [2.75, 3.05) is 31.6 Å². The molecule has 0 aromatic heterocycles. The normalized spacial score (nSPS) is 24.1. The third-order valence-electron chi connectivity index (χ3n) is 5.81. The van der Waals surface area contributed by atoms with E-state index in [4.69, 9.17) is 4.74 Å². The Morgan fingerprint density at radius 1 is 1.28 bits per heavy atom. The van der Waals surface area contributed by atoms with Crippen molar-refractivity contribution in [2.24, 2.45) is 0 Å². The third kappa shape index (κ3) is 5.82. The van der Waals surface area contributed by atoms with Gasteiger partial charge in [-0.2, -0.15) is 0 Å². The second-order valence-corrected chi connectivity index (χ2v) is 9.57. The fourth-order valence-corrected chi connectivity index (χ4v) is 4.30. The van der Waals surface area contributed by atoms with Crippen molar-refractivity contribution in [3.05, 3.63) is 29.8 Å². The zero-order chi connectivity index (χ0) is 23.7. The van der Waals surface area contributed by atoms with E-state index in [2.05, 4.69) is 5.32 Å². The lowest BCUT2D eigenvalue weighted by Crippen LogP contribution is -2.51. The minimum atomic E-state index is -3.02. The number of carbonyl (C=O) groups excluding carboxylic acids is 3. The number of imide groups is 1. The molecule has 2 aliphatic rings. The maximum atomic E-state index is 15.1. The van der Waals surface area contributed by atoms with Crippen molar-refractivity contribution in [1.82, 2.24) is 10.2 Å². The maximum Gasteiger partial charge on any atom is 0.320 e. The largest absolute Gasteiger partial charge is 0.459 e. The van der Waals surface area contributed by atoms with E-state index < -0.39 is 36.0 Å². The highest BCUT2D eigenvalue weighted by Crippen LogP contribution is 2.41. The van der Waals surface area contributed by atoms with Gasteiger partial charge in [0, 0.05) is 19.2 Å². The number of likely N-dealkylation sites (tertiary alicyclic amines) is 1. The Labute approximate surface area is 187 Å². The SMILES string of the molecule is CN(c1cccc([C@H]2CCN(CC(=O)OC(C)(C)C)CC2(F)F)c1)[C@@H]1CCC(=O)NC1=O. The van der Waals surface area contributed by atoms with Gasteiger partial charge in [-0.3, -0.25) is 24.6 Å². The van der Waals surface area contributed by atoms with E-state index in [9.17, 15) is 14.4 Å². The van der Waals surface area contributed by atoms with Gasteiger partial charge in [0.15, 0.2) is 0 Å². The van der Waals surface area contributed by atoms with Gasteiger partial charge >= 0.3 is 5.97 Å². The number of hydrogen-bond donors (Lipinski definition) is 1. The summed E-state index contributed by atoms with van der Waals surface area (Å²) in [6.07, 6.45) is 0.820. The van der Waals surface area contributed by atoms with Crippen LogP contribution in [0.1, 0.15) is 51.5 Å². The van der Waals surface area contributed by atoms with Gasteiger partial charge < -0.3 is 9.64 Å². The Bertz CT molecular complexity index is 884. The summed E-state index contributed by atoms with van der Waals surface area (Å²) >= 11 is 0. The van der Waals surface area contributed by atoms with Crippen LogP contribution < -0.4 is 10.2 Å². The van der Waals surface area contributed by atoms with Gasteiger partial charge in [-0.05, 0) is 57.9 Å². The molecular formula is C23H31F2N3O4. The summed E-state index contributed by atoms with van der Waals surface area (Å²) in [4.78, 5) is 38.8. The van der Waals surface area contributed by atoms with Gasteiger partial charge in [0.1, 0.15) is 11.6 Å². The van der Waals surface area contributed by atoms with Crippen LogP contribution in [0.3, 0.4) is 0 Å². The number of likely N-dealkylation sites (N-methyl/N-ethyl adjacent to an activating group) is 1. The topological polar surface area (TPSA) is 79.0 Å². The van der Waals surface area contributed by atoms with Crippen LogP contribution in [0.5, 0.6) is 0 Å². The summed E-state index contributed by atoms with van der Waals surface area (Å²) in [5, 5.41) is 2.32. The quantitative estimate of drug-likeness (QED) is 0.548. The smallest absolute Gasteiger partial charge is 0.320 e. The number of benzene rings is 1. The second kappa shape index (κ2) is 9.13. The highest BCUT2D eigenvalue weighted by atomic mass is 19.3. The van der Waals surface area contributed by atoms with Crippen LogP contribution in [0.2, 0.25) is 0 Å². The molecule has 2 fully saturated rings. The Hall–Kier alpha value is -2.55. The van der Waals surface area contributed by atoms with E-state index in [1.54, 1.807) is 57.0 Å². The Morgan fingerprint density at radius 3 is 2.62 bits per heavy atom. The molecule has 0 radical (unpaired) electrons. The van der Waals surface area contributed by atoms with E-state index in [-0.39, 0.29) is 31.2 Å². The van der Waals surface area contributed by atoms with E-state index in [0.29, 0.717) is 24.2 Å². The average molecular weight is 452 g/mol. The summed E-state index contributed by atoms with van der Waals surface area (Å²) in [5.41, 5.74) is 0.472. The number of esters is 1. The summed E-state index contributed by atoms with van der Waals surface area (Å²) < 4.78 is 35.4. The number of piperidine rings is 2. The van der Waals surface area contributed by atoms with Crippen LogP contribution >= 0.6 is 0 Å². The summed E-state index contributed by atoms with van der Waals surface area (Å²) in [6.45, 7) is 4.88. The van der Waals surface area contributed by atoms with E-state index in [1.165, 1.54) is 4.90 Å². The number of halogens is 2. The molecule has 0 saturated carbocycles. The summed E-state index contributed by atoms with van der Waals surface area (Å²) in [5.74, 6) is -5.21. The zero-order valence-corrected chi connectivity index (χ0v) is 19.0. The first-order valence-corrected chi connectivity index (χ1v) is 10.8. The molecule has 2 saturated heterocycles. The van der Waals surface area contributed by atoms with Crippen LogP contribution in [-0.4, -0.2) is 66.9 Å². The number of carbonyl (C=O) groups is 3. The first-order valence-electron chi connectivity index (χ1n) is 10.8. The molecule has 9 heteroatoms. The molecule has 2 heterocycles. The van der Waals surface area contributed by atoms with Crippen LogP contribution in [0.4, 0.5) is 14.5 Å². The van der Waals surface area contributed by atoms with Gasteiger partial charge in [-0.1, -0.05) is 12.1 Å². The van der Waals surface area contributed by atoms with Gasteiger partial charge in [-0.15, -0.1) is 0 Å². The number of nitrogens with zero attached hydrogens (tertiary/aromatic N) is 2. The fraction of sp³-hybridized carbons (Fsp3) is 0.609. The van der Waals surface area contributed by atoms with Gasteiger partial charge in [-0.25, -0.2) is 8.78 Å². The third-order valence-corrected chi connectivity index (χ3v) is 5.81. The molecule has 1 aromatic rings. The molecule has 1 aromatic carbocycles. The molecule has 0 bridgehead atoms. The predicted molar refractivity (Wildman–Crippen MR) is 116 cm³/mol. The fourth-order valence-electron chi connectivity index (χ4n) is 4.30. The molecule has 176 valence electrons. The molecule has 0 spiro atoms. The highest BCUT2D eigenvalue weighted by molar-refractivity contribution is 6.01. The van der Waals surface area contributed by atoms with Crippen molar-refractivity contribution >= 4 is 23.5 Å². The van der Waals surface area contributed by atoms with Gasteiger partial charge in [0.2, 0.25) is 11.8 Å². The lowest BCUT2D eigenvalue weighted by atomic mass is 9.86. The number of rotatable bonds is 5. The Balaban J connectivity index is 1.69. The summed E-state index contributed by atoms with van der Waals surface area (Å²) in [6, 6.07) is 6.30. The average Bonchev–Trinajstić information content (AvgIpc) is 2.65. The molecule has 0 aliphatic carbocycles. The molecule has 0 unspecified atom stereocenters. The predicted octanol–water partition coefficient (Wildman–Crippen LogP) is 2.69. The number of amides is 2. The lowest BCUT2D eigenvalue weighted by Gasteiger charge is -2.39. The molecule has 2 amide bonds. The lowest BCUT2D eigenvalue weighted by molar-refractivity contribution is -0.159. The maximum absolute atomic E-state index is 15.1. The number of nitrogens with one attached hydrogen (secondary N) is 1. The van der Waals surface area contributed by atoms with Crippen molar-refractivity contribution < 1.29 is 27.9 Å². The monoisotopic (exact) mass is 451 g/mol. The zero-order valence-electron chi connectivity index (χ0n) is 19.0. The molecule has 32 heavy (non-hydrogen) atoms. The van der Waals surface area contributed by atoms with Crippen molar-refractivity contribution in [3.8, 4) is 0 Å². The summed E-state index contributed by atoms with van der Waals surface area (Å²) in [7, 11) is 1.72. The molecule has 2 aliphatic heterocycles. The Morgan fingerprint density at radius 2 is 2.00 bits per heavy atom. The highest BCUT2D eigenvalue weighted by Gasteiger charge is 2.46. The van der Waals surface area contributed by atoms with E-state index in [1.807, 2.05) is 0 Å². The number of ether oxygens (including phenoxy) is 1. The van der Waals surface area contributed by atoms with Gasteiger partial charge in [0.25, 0.3) is 5.92 Å². The first kappa shape index (κ1) is 24.1. The van der Waals surface area contributed by atoms with Crippen molar-refractivity contribution in [3.63, 3.8) is 0 Å². The van der Waals surface area contributed by atoms with Gasteiger partial charge in [0.05, 0.1) is 19.0 Å². The van der Waals surface area contributed by atoms with Crippen LogP contribution in [0, 0.1) is 0 Å². The molecule has 7 nitrogen and oxygen atoms in total. The Kier molecular flexibility index (Phi) is 6.88. The number of anilines is 1. The van der Waals surface area contributed by atoms with Crippen molar-refractivity contribution in [1.29, 1.82) is 0 Å². The number of hydrogen-bond acceptors (Lipinski definition) is 6. The molecule has 2 atom stereocenters. The first-order chi connectivity index (χ1) is 14.9.